The van der Waals surface area contributed by atoms with Crippen molar-refractivity contribution in [2.24, 2.45) is 5.73 Å². The number of nitrogens with two attached hydrogens (primary N) is 1. The van der Waals surface area contributed by atoms with Gasteiger partial charge in [0.15, 0.2) is 5.82 Å². The average molecular weight is 291 g/mol. The van der Waals surface area contributed by atoms with Crippen LogP contribution in [0.5, 0.6) is 0 Å². The molecule has 0 radical (unpaired) electrons. The van der Waals surface area contributed by atoms with Crippen molar-refractivity contribution in [2.75, 3.05) is 11.3 Å². The smallest absolute Gasteiger partial charge is 0.264 e. The van der Waals surface area contributed by atoms with E-state index in [4.69, 9.17) is 10.3 Å². The van der Waals surface area contributed by atoms with Gasteiger partial charge in [0.1, 0.15) is 10.7 Å². The zero-order chi connectivity index (χ0) is 14.6. The third-order valence-electron chi connectivity index (χ3n) is 2.37. The maximum atomic E-state index is 12.3. The first kappa shape index (κ1) is 14.1. The molecule has 20 heavy (non-hydrogen) atoms. The molecule has 0 unspecified atom stereocenters. The highest BCUT2D eigenvalue weighted by Crippen LogP contribution is 2.18. The fraction of sp³-hybridized carbons (Fsp3) is 0.154. The molecule has 1 aromatic heterocycles. The number of aryl methyl sites for hydroxylation is 1. The number of hydrogen-bond acceptors (Lipinski definition) is 5. The Labute approximate surface area is 117 Å². The predicted octanol–water partition coefficient (Wildman–Crippen LogP) is 1.09. The monoisotopic (exact) mass is 291 g/mol. The van der Waals surface area contributed by atoms with E-state index in [1.807, 2.05) is 0 Å². The lowest BCUT2D eigenvalue weighted by atomic mass is 10.2. The molecule has 7 heteroatoms. The van der Waals surface area contributed by atoms with Crippen molar-refractivity contribution in [3.05, 3.63) is 41.7 Å². The lowest BCUT2D eigenvalue weighted by molar-refractivity contribution is 0.400. The van der Waals surface area contributed by atoms with Crippen molar-refractivity contribution < 1.29 is 12.9 Å². The minimum Gasteiger partial charge on any atom is -0.360 e. The Balaban J connectivity index is 2.39. The Hall–Kier alpha value is -2.30. The summed E-state index contributed by atoms with van der Waals surface area (Å²) in [5.74, 6) is 6.01. The van der Waals surface area contributed by atoms with E-state index in [1.54, 1.807) is 25.1 Å². The quantitative estimate of drug-likeness (QED) is 0.825. The van der Waals surface area contributed by atoms with Gasteiger partial charge in [-0.3, -0.25) is 4.72 Å². The highest BCUT2D eigenvalue weighted by atomic mass is 32.2. The summed E-state index contributed by atoms with van der Waals surface area (Å²) in [6, 6.07) is 7.91. The molecule has 0 bridgehead atoms. The van der Waals surface area contributed by atoms with E-state index in [0.29, 0.717) is 11.3 Å². The molecule has 1 heterocycles. The first-order valence-corrected chi connectivity index (χ1v) is 7.25. The molecule has 104 valence electrons. The van der Waals surface area contributed by atoms with E-state index >= 15 is 0 Å². The summed E-state index contributed by atoms with van der Waals surface area (Å²) in [5.41, 5.74) is 5.68. The minimum absolute atomic E-state index is 0.0709. The van der Waals surface area contributed by atoms with E-state index in [-0.39, 0.29) is 17.3 Å². The van der Waals surface area contributed by atoms with Crippen LogP contribution < -0.4 is 10.5 Å². The Morgan fingerprint density at radius 1 is 1.40 bits per heavy atom. The number of benzene rings is 1. The number of rotatable bonds is 3. The van der Waals surface area contributed by atoms with Crippen LogP contribution in [0.2, 0.25) is 0 Å². The SMILES string of the molecule is Cc1cc(NS(=O)(=O)c2ccccc2C#CCN)no1. The molecule has 2 aromatic rings. The lowest BCUT2D eigenvalue weighted by Gasteiger charge is -2.06. The lowest BCUT2D eigenvalue weighted by Crippen LogP contribution is -2.14. The molecule has 3 N–H and O–H groups in total. The van der Waals surface area contributed by atoms with Gasteiger partial charge < -0.3 is 10.3 Å². The fourth-order valence-electron chi connectivity index (χ4n) is 1.56. The number of hydrogen-bond donors (Lipinski definition) is 2. The minimum atomic E-state index is -3.78. The maximum absolute atomic E-state index is 12.3. The zero-order valence-electron chi connectivity index (χ0n) is 10.8. The number of sulfonamides is 1. The van der Waals surface area contributed by atoms with Gasteiger partial charge in [0, 0.05) is 11.6 Å². The second kappa shape index (κ2) is 5.77. The number of nitrogens with zero attached hydrogens (tertiary/aromatic N) is 1. The molecule has 0 aliphatic heterocycles. The summed E-state index contributed by atoms with van der Waals surface area (Å²) in [4.78, 5) is 0.0709. The normalized spacial score (nSPS) is 10.7. The van der Waals surface area contributed by atoms with Crippen molar-refractivity contribution >= 4 is 15.8 Å². The third kappa shape index (κ3) is 3.17. The van der Waals surface area contributed by atoms with Crippen LogP contribution in [-0.2, 0) is 10.0 Å². The molecule has 0 aliphatic rings. The summed E-state index contributed by atoms with van der Waals surface area (Å²) in [6.07, 6.45) is 0. The first-order valence-electron chi connectivity index (χ1n) is 5.77. The van der Waals surface area contributed by atoms with Crippen LogP contribution in [0.4, 0.5) is 5.82 Å². The topological polar surface area (TPSA) is 98.2 Å². The number of nitrogens with one attached hydrogen (secondary N) is 1. The van der Waals surface area contributed by atoms with Crippen LogP contribution in [-0.4, -0.2) is 20.1 Å². The third-order valence-corrected chi connectivity index (χ3v) is 3.78. The maximum Gasteiger partial charge on any atom is 0.264 e. The van der Waals surface area contributed by atoms with Gasteiger partial charge in [-0.1, -0.05) is 29.1 Å². The summed E-state index contributed by atoms with van der Waals surface area (Å²) in [6.45, 7) is 1.83. The van der Waals surface area contributed by atoms with Gasteiger partial charge in [0.2, 0.25) is 0 Å². The fourth-order valence-corrected chi connectivity index (χ4v) is 2.71. The molecule has 0 aliphatic carbocycles. The van der Waals surface area contributed by atoms with Crippen LogP contribution in [0, 0.1) is 18.8 Å². The molecule has 0 atom stereocenters. The van der Waals surface area contributed by atoms with Crippen LogP contribution in [0.1, 0.15) is 11.3 Å². The highest BCUT2D eigenvalue weighted by molar-refractivity contribution is 7.92. The summed E-state index contributed by atoms with van der Waals surface area (Å²) in [7, 11) is -3.78. The molecule has 1 aromatic carbocycles. The van der Waals surface area contributed by atoms with E-state index in [2.05, 4.69) is 21.7 Å². The highest BCUT2D eigenvalue weighted by Gasteiger charge is 2.19. The molecule has 2 rings (SSSR count). The largest absolute Gasteiger partial charge is 0.360 e. The molecular weight excluding hydrogens is 278 g/mol. The second-order valence-corrected chi connectivity index (χ2v) is 5.58. The number of anilines is 1. The van der Waals surface area contributed by atoms with Gasteiger partial charge in [-0.2, -0.15) is 0 Å². The summed E-state index contributed by atoms with van der Waals surface area (Å²) >= 11 is 0. The van der Waals surface area contributed by atoms with Gasteiger partial charge >= 0.3 is 0 Å². The van der Waals surface area contributed by atoms with E-state index in [0.717, 1.165) is 0 Å². The molecule has 0 saturated heterocycles. The Morgan fingerprint density at radius 3 is 2.80 bits per heavy atom. The second-order valence-electron chi connectivity index (χ2n) is 3.93. The van der Waals surface area contributed by atoms with E-state index in [1.165, 1.54) is 12.1 Å². The standard InChI is InChI=1S/C13H13N3O3S/c1-10-9-13(15-19-10)16-20(17,18)12-7-3-2-5-11(12)6-4-8-14/h2-3,5,7,9H,8,14H2,1H3,(H,15,16). The van der Waals surface area contributed by atoms with Crippen molar-refractivity contribution in [3.63, 3.8) is 0 Å². The Morgan fingerprint density at radius 2 is 2.15 bits per heavy atom. The number of aromatic nitrogens is 1. The molecule has 0 saturated carbocycles. The van der Waals surface area contributed by atoms with Crippen LogP contribution in [0.15, 0.2) is 39.8 Å². The van der Waals surface area contributed by atoms with Crippen LogP contribution >= 0.6 is 0 Å². The summed E-state index contributed by atoms with van der Waals surface area (Å²) < 4.78 is 31.8. The van der Waals surface area contributed by atoms with Gasteiger partial charge in [-0.05, 0) is 19.1 Å². The van der Waals surface area contributed by atoms with Crippen LogP contribution in [0.3, 0.4) is 0 Å². The van der Waals surface area contributed by atoms with Crippen molar-refractivity contribution in [1.82, 2.24) is 5.16 Å². The predicted molar refractivity (Wildman–Crippen MR) is 74.4 cm³/mol. The molecule has 0 spiro atoms. The Kier molecular flexibility index (Phi) is 4.08. The van der Waals surface area contributed by atoms with Gasteiger partial charge in [-0.25, -0.2) is 8.42 Å². The van der Waals surface area contributed by atoms with Gasteiger partial charge in [-0.15, -0.1) is 0 Å². The molecular formula is C13H13N3O3S. The van der Waals surface area contributed by atoms with E-state index in [9.17, 15) is 8.42 Å². The van der Waals surface area contributed by atoms with E-state index < -0.39 is 10.0 Å². The molecule has 0 amide bonds. The van der Waals surface area contributed by atoms with Gasteiger partial charge in [0.25, 0.3) is 10.0 Å². The van der Waals surface area contributed by atoms with Crippen molar-refractivity contribution in [2.45, 2.75) is 11.8 Å². The first-order chi connectivity index (χ1) is 9.53. The molecule has 0 fully saturated rings. The van der Waals surface area contributed by atoms with Crippen molar-refractivity contribution in [1.29, 1.82) is 0 Å². The average Bonchev–Trinajstić information content (AvgIpc) is 2.81. The van der Waals surface area contributed by atoms with Crippen molar-refractivity contribution in [3.8, 4) is 11.8 Å². The molecule has 6 nitrogen and oxygen atoms in total. The Bertz CT molecular complexity index is 769. The zero-order valence-corrected chi connectivity index (χ0v) is 11.6. The summed E-state index contributed by atoms with van der Waals surface area (Å²) in [5, 5.41) is 3.60. The van der Waals surface area contributed by atoms with Gasteiger partial charge in [0.05, 0.1) is 6.54 Å². The van der Waals surface area contributed by atoms with Crippen LogP contribution in [0.25, 0.3) is 0 Å².